The van der Waals surface area contributed by atoms with E-state index in [2.05, 4.69) is 15.4 Å². The van der Waals surface area contributed by atoms with Gasteiger partial charge in [-0.1, -0.05) is 17.7 Å². The van der Waals surface area contributed by atoms with E-state index >= 15 is 0 Å². The molecule has 2 heterocycles. The van der Waals surface area contributed by atoms with Crippen molar-refractivity contribution in [1.82, 2.24) is 24.2 Å². The van der Waals surface area contributed by atoms with Crippen molar-refractivity contribution in [3.63, 3.8) is 0 Å². The number of hydrogen-bond donors (Lipinski definition) is 1. The van der Waals surface area contributed by atoms with Crippen LogP contribution in [0.1, 0.15) is 23.1 Å². The number of likely N-dealkylation sites (N-methyl/N-ethyl adjacent to an activating group) is 1. The monoisotopic (exact) mass is 410 g/mol. The summed E-state index contributed by atoms with van der Waals surface area (Å²) in [5.74, 6) is -0.503. The normalized spacial score (nSPS) is 11.0. The Morgan fingerprint density at radius 3 is 2.50 bits per heavy atom. The van der Waals surface area contributed by atoms with E-state index in [-0.39, 0.29) is 36.9 Å². The third-order valence-electron chi connectivity index (χ3n) is 5.03. The highest BCUT2D eigenvalue weighted by Crippen LogP contribution is 2.21. The maximum absolute atomic E-state index is 12.5. The van der Waals surface area contributed by atoms with Crippen LogP contribution < -0.4 is 10.9 Å². The third-order valence-corrected chi connectivity index (χ3v) is 5.03. The third kappa shape index (κ3) is 4.40. The van der Waals surface area contributed by atoms with Crippen molar-refractivity contribution in [3.05, 3.63) is 51.7 Å². The molecule has 0 radical (unpaired) electrons. The number of fused-ring (bicyclic) bond motifs is 1. The van der Waals surface area contributed by atoms with E-state index in [0.717, 1.165) is 22.4 Å². The molecule has 0 unspecified atom stereocenters. The first-order valence-corrected chi connectivity index (χ1v) is 9.66. The maximum Gasteiger partial charge on any atom is 0.264 e. The number of rotatable bonds is 6. The summed E-state index contributed by atoms with van der Waals surface area (Å²) in [6, 6.07) is 4.00. The lowest BCUT2D eigenvalue weighted by Crippen LogP contribution is -2.36. The van der Waals surface area contributed by atoms with Crippen LogP contribution in [-0.2, 0) is 23.2 Å². The Labute approximate surface area is 174 Å². The van der Waals surface area contributed by atoms with E-state index in [4.69, 9.17) is 0 Å². The summed E-state index contributed by atoms with van der Waals surface area (Å²) >= 11 is 0. The first-order valence-electron chi connectivity index (χ1n) is 9.66. The second-order valence-corrected chi connectivity index (χ2v) is 7.57. The first kappa shape index (κ1) is 21.2. The van der Waals surface area contributed by atoms with Gasteiger partial charge in [0.15, 0.2) is 5.65 Å². The zero-order valence-electron chi connectivity index (χ0n) is 17.9. The van der Waals surface area contributed by atoms with Crippen LogP contribution in [0.25, 0.3) is 11.0 Å². The van der Waals surface area contributed by atoms with E-state index < -0.39 is 0 Å². The predicted octanol–water partition coefficient (Wildman–Crippen LogP) is 1.54. The van der Waals surface area contributed by atoms with Crippen LogP contribution in [0, 0.1) is 20.8 Å². The molecule has 0 aliphatic rings. The molecule has 1 N–H and O–H groups in total. The maximum atomic E-state index is 12.5. The average molecular weight is 410 g/mol. The molecule has 0 fully saturated rings. The van der Waals surface area contributed by atoms with E-state index in [1.54, 1.807) is 14.1 Å². The molecule has 0 saturated heterocycles. The highest BCUT2D eigenvalue weighted by molar-refractivity contribution is 5.95. The van der Waals surface area contributed by atoms with Crippen LogP contribution in [0.15, 0.2) is 29.5 Å². The van der Waals surface area contributed by atoms with Crippen molar-refractivity contribution in [2.45, 2.75) is 33.7 Å². The average Bonchev–Trinajstić information content (AvgIpc) is 3.05. The summed E-state index contributed by atoms with van der Waals surface area (Å²) in [6.45, 7) is 5.99. The van der Waals surface area contributed by atoms with Gasteiger partial charge < -0.3 is 10.2 Å². The van der Waals surface area contributed by atoms with E-state index in [1.165, 1.54) is 26.7 Å². The topological polar surface area (TPSA) is 102 Å². The number of amides is 2. The molecule has 0 spiro atoms. The minimum absolute atomic E-state index is 0.0691. The molecular formula is C21H26N6O3. The molecule has 9 heteroatoms. The van der Waals surface area contributed by atoms with Crippen molar-refractivity contribution >= 4 is 28.5 Å². The second kappa shape index (κ2) is 8.48. The molecule has 0 bridgehead atoms. The molecule has 0 aliphatic carbocycles. The molecule has 3 aromatic rings. The van der Waals surface area contributed by atoms with Gasteiger partial charge in [-0.25, -0.2) is 4.98 Å². The standard InChI is InChI=1S/C21H26N6O3/c1-13-8-14(2)19(15(3)9-13)24-17(28)11-25(4)18(29)6-7-27-12-22-20-16(21(27)30)10-23-26(20)5/h8-10,12H,6-7,11H2,1-5H3,(H,24,28). The molecule has 1 aromatic carbocycles. The van der Waals surface area contributed by atoms with Crippen molar-refractivity contribution in [3.8, 4) is 0 Å². The van der Waals surface area contributed by atoms with Crippen molar-refractivity contribution in [1.29, 1.82) is 0 Å². The van der Waals surface area contributed by atoms with Gasteiger partial charge in [0.2, 0.25) is 11.8 Å². The van der Waals surface area contributed by atoms with Gasteiger partial charge in [-0.15, -0.1) is 0 Å². The Morgan fingerprint density at radius 1 is 1.17 bits per heavy atom. The van der Waals surface area contributed by atoms with Crippen LogP contribution >= 0.6 is 0 Å². The molecule has 30 heavy (non-hydrogen) atoms. The van der Waals surface area contributed by atoms with Gasteiger partial charge in [0.05, 0.1) is 19.1 Å². The van der Waals surface area contributed by atoms with Gasteiger partial charge in [0.1, 0.15) is 5.39 Å². The number of carbonyl (C=O) groups is 2. The van der Waals surface area contributed by atoms with Crippen LogP contribution in [0.3, 0.4) is 0 Å². The molecule has 0 atom stereocenters. The minimum atomic E-state index is -0.267. The molecule has 9 nitrogen and oxygen atoms in total. The fourth-order valence-corrected chi connectivity index (χ4v) is 3.49. The molecule has 0 aliphatic heterocycles. The lowest BCUT2D eigenvalue weighted by Gasteiger charge is -2.18. The summed E-state index contributed by atoms with van der Waals surface area (Å²) in [6.07, 6.45) is 2.96. The van der Waals surface area contributed by atoms with Gasteiger partial charge in [-0.2, -0.15) is 5.10 Å². The number of carbonyl (C=O) groups excluding carboxylic acids is 2. The highest BCUT2D eigenvalue weighted by Gasteiger charge is 2.16. The summed E-state index contributed by atoms with van der Waals surface area (Å²) in [5, 5.41) is 7.32. The molecule has 3 rings (SSSR count). The Balaban J connectivity index is 1.59. The van der Waals surface area contributed by atoms with Gasteiger partial charge >= 0.3 is 0 Å². The summed E-state index contributed by atoms with van der Waals surface area (Å²) in [7, 11) is 3.28. The fraction of sp³-hybridized carbons (Fsp3) is 0.381. The number of benzene rings is 1. The van der Waals surface area contributed by atoms with E-state index in [0.29, 0.717) is 11.0 Å². The number of nitrogens with zero attached hydrogens (tertiary/aromatic N) is 5. The van der Waals surface area contributed by atoms with Crippen molar-refractivity contribution in [2.75, 3.05) is 18.9 Å². The summed E-state index contributed by atoms with van der Waals surface area (Å²) in [5.41, 5.74) is 4.11. The fourth-order valence-electron chi connectivity index (χ4n) is 3.49. The SMILES string of the molecule is Cc1cc(C)c(NC(=O)CN(C)C(=O)CCn2cnc3c(cnn3C)c2=O)c(C)c1. The Bertz CT molecular complexity index is 1150. The Hall–Kier alpha value is -3.49. The summed E-state index contributed by atoms with van der Waals surface area (Å²) in [4.78, 5) is 42.9. The second-order valence-electron chi connectivity index (χ2n) is 7.57. The Morgan fingerprint density at radius 2 is 1.83 bits per heavy atom. The van der Waals surface area contributed by atoms with Crippen LogP contribution in [-0.4, -0.2) is 49.6 Å². The van der Waals surface area contributed by atoms with Crippen LogP contribution in [0.2, 0.25) is 0 Å². The molecular weight excluding hydrogens is 384 g/mol. The Kier molecular flexibility index (Phi) is 6.00. The van der Waals surface area contributed by atoms with Gasteiger partial charge in [-0.05, 0) is 31.9 Å². The quantitative estimate of drug-likeness (QED) is 0.664. The van der Waals surface area contributed by atoms with E-state index in [9.17, 15) is 14.4 Å². The zero-order chi connectivity index (χ0) is 22.0. The lowest BCUT2D eigenvalue weighted by molar-refractivity contribution is -0.133. The minimum Gasteiger partial charge on any atom is -0.336 e. The van der Waals surface area contributed by atoms with Crippen LogP contribution in [0.5, 0.6) is 0 Å². The van der Waals surface area contributed by atoms with Gasteiger partial charge in [-0.3, -0.25) is 23.6 Å². The van der Waals surface area contributed by atoms with Gasteiger partial charge in [0, 0.05) is 32.7 Å². The molecule has 158 valence electrons. The molecule has 2 aromatic heterocycles. The summed E-state index contributed by atoms with van der Waals surface area (Å²) < 4.78 is 2.91. The van der Waals surface area contributed by atoms with Crippen LogP contribution in [0.4, 0.5) is 5.69 Å². The lowest BCUT2D eigenvalue weighted by atomic mass is 10.1. The zero-order valence-corrected chi connectivity index (χ0v) is 17.9. The number of nitrogens with one attached hydrogen (secondary N) is 1. The van der Waals surface area contributed by atoms with Crippen molar-refractivity contribution < 1.29 is 9.59 Å². The smallest absolute Gasteiger partial charge is 0.264 e. The molecule has 0 saturated carbocycles. The first-order chi connectivity index (χ1) is 14.2. The predicted molar refractivity (Wildman–Crippen MR) is 114 cm³/mol. The van der Waals surface area contributed by atoms with E-state index in [1.807, 2.05) is 32.9 Å². The van der Waals surface area contributed by atoms with Crippen molar-refractivity contribution in [2.24, 2.45) is 7.05 Å². The highest BCUT2D eigenvalue weighted by atomic mass is 16.2. The van der Waals surface area contributed by atoms with Gasteiger partial charge in [0.25, 0.3) is 5.56 Å². The number of hydrogen-bond acceptors (Lipinski definition) is 5. The number of aryl methyl sites for hydroxylation is 5. The number of anilines is 1. The number of aromatic nitrogens is 4. The molecule has 2 amide bonds. The largest absolute Gasteiger partial charge is 0.336 e.